The van der Waals surface area contributed by atoms with Gasteiger partial charge in [-0.3, -0.25) is 0 Å². The summed E-state index contributed by atoms with van der Waals surface area (Å²) in [5.41, 5.74) is 1.67. The largest absolute Gasteiger partial charge is 0.368 e. The van der Waals surface area contributed by atoms with E-state index < -0.39 is 0 Å². The van der Waals surface area contributed by atoms with Crippen LogP contribution in [0.4, 0.5) is 5.82 Å². The number of anilines is 1. The van der Waals surface area contributed by atoms with E-state index in [4.69, 9.17) is 0 Å². The van der Waals surface area contributed by atoms with Crippen molar-refractivity contribution < 1.29 is 0 Å². The van der Waals surface area contributed by atoms with Gasteiger partial charge >= 0.3 is 0 Å². The maximum Gasteiger partial charge on any atom is 0.148 e. The van der Waals surface area contributed by atoms with Gasteiger partial charge in [-0.15, -0.1) is 5.10 Å². The van der Waals surface area contributed by atoms with Crippen molar-refractivity contribution in [2.75, 3.05) is 11.9 Å². The Morgan fingerprint density at radius 1 is 1.38 bits per heavy atom. The molecule has 88 valence electrons. The molecular formula is C13H21N3. The first-order chi connectivity index (χ1) is 7.74. The van der Waals surface area contributed by atoms with Crippen molar-refractivity contribution in [2.45, 2.75) is 46.0 Å². The Hall–Kier alpha value is -1.12. The molecule has 0 saturated heterocycles. The molecule has 0 amide bonds. The minimum Gasteiger partial charge on any atom is -0.368 e. The van der Waals surface area contributed by atoms with Crippen LogP contribution in [-0.4, -0.2) is 16.7 Å². The second-order valence-corrected chi connectivity index (χ2v) is 5.03. The van der Waals surface area contributed by atoms with Crippen molar-refractivity contribution in [2.24, 2.45) is 5.41 Å². The number of hydrogen-bond acceptors (Lipinski definition) is 3. The summed E-state index contributed by atoms with van der Waals surface area (Å²) in [6, 6.07) is 2.06. The van der Waals surface area contributed by atoms with Crippen molar-refractivity contribution in [3.05, 3.63) is 17.8 Å². The van der Waals surface area contributed by atoms with E-state index in [0.29, 0.717) is 5.41 Å². The first-order valence-electron chi connectivity index (χ1n) is 6.27. The van der Waals surface area contributed by atoms with E-state index in [1.165, 1.54) is 32.1 Å². The summed E-state index contributed by atoms with van der Waals surface area (Å²) < 4.78 is 0. The van der Waals surface area contributed by atoms with Gasteiger partial charge < -0.3 is 5.32 Å². The van der Waals surface area contributed by atoms with Gasteiger partial charge in [0.2, 0.25) is 0 Å². The molecule has 3 nitrogen and oxygen atoms in total. The molecule has 1 aromatic heterocycles. The zero-order valence-electron chi connectivity index (χ0n) is 10.3. The lowest BCUT2D eigenvalue weighted by molar-refractivity contribution is 0.306. The van der Waals surface area contributed by atoms with Gasteiger partial charge in [0.1, 0.15) is 5.82 Å². The van der Waals surface area contributed by atoms with Crippen LogP contribution in [-0.2, 0) is 0 Å². The average molecular weight is 219 g/mol. The Bertz CT molecular complexity index is 343. The molecular weight excluding hydrogens is 198 g/mol. The molecule has 1 aliphatic rings. The summed E-state index contributed by atoms with van der Waals surface area (Å²) in [6.07, 6.45) is 8.53. The van der Waals surface area contributed by atoms with Crippen molar-refractivity contribution in [3.63, 3.8) is 0 Å². The van der Waals surface area contributed by atoms with Crippen molar-refractivity contribution in [1.82, 2.24) is 10.2 Å². The highest BCUT2D eigenvalue weighted by atomic mass is 15.2. The number of nitrogens with one attached hydrogen (secondary N) is 1. The first-order valence-corrected chi connectivity index (χ1v) is 6.27. The maximum absolute atomic E-state index is 4.10. The Kier molecular flexibility index (Phi) is 3.42. The van der Waals surface area contributed by atoms with Crippen molar-refractivity contribution in [1.29, 1.82) is 0 Å². The van der Waals surface area contributed by atoms with Crippen molar-refractivity contribution >= 4 is 5.82 Å². The molecule has 0 spiro atoms. The molecule has 0 aliphatic heterocycles. The summed E-state index contributed by atoms with van der Waals surface area (Å²) in [7, 11) is 0. The molecule has 1 fully saturated rings. The standard InChI is InChI=1S/C13H21N3/c1-3-13(6-4-5-7-13)10-14-12-8-11(2)9-15-16-12/h8-9H,3-7,10H2,1-2H3,(H,14,16). The number of aromatic nitrogens is 2. The Labute approximate surface area is 97.7 Å². The van der Waals surface area contributed by atoms with E-state index in [1.54, 1.807) is 6.20 Å². The maximum atomic E-state index is 4.10. The van der Waals surface area contributed by atoms with E-state index in [-0.39, 0.29) is 0 Å². The van der Waals surface area contributed by atoms with Crippen LogP contribution in [0, 0.1) is 12.3 Å². The van der Waals surface area contributed by atoms with Crippen LogP contribution in [0.2, 0.25) is 0 Å². The summed E-state index contributed by atoms with van der Waals surface area (Å²) in [5.74, 6) is 0.916. The molecule has 1 aromatic rings. The Balaban J connectivity index is 1.95. The van der Waals surface area contributed by atoms with Gasteiger partial charge in [0.05, 0.1) is 6.20 Å². The number of aryl methyl sites for hydroxylation is 1. The highest BCUT2D eigenvalue weighted by molar-refractivity contribution is 5.35. The van der Waals surface area contributed by atoms with E-state index >= 15 is 0 Å². The molecule has 1 heterocycles. The van der Waals surface area contributed by atoms with Crippen LogP contribution < -0.4 is 5.32 Å². The molecule has 0 bridgehead atoms. The third-order valence-electron chi connectivity index (χ3n) is 3.85. The topological polar surface area (TPSA) is 37.8 Å². The molecule has 1 aliphatic carbocycles. The SMILES string of the molecule is CCC1(CNc2cc(C)cnn2)CCCC1. The van der Waals surface area contributed by atoms with Gasteiger partial charge in [-0.1, -0.05) is 19.8 Å². The zero-order valence-corrected chi connectivity index (χ0v) is 10.3. The predicted octanol–water partition coefficient (Wildman–Crippen LogP) is 3.17. The first kappa shape index (κ1) is 11.4. The number of nitrogens with zero attached hydrogens (tertiary/aromatic N) is 2. The quantitative estimate of drug-likeness (QED) is 0.845. The second-order valence-electron chi connectivity index (χ2n) is 5.03. The fraction of sp³-hybridized carbons (Fsp3) is 0.692. The Morgan fingerprint density at radius 3 is 2.75 bits per heavy atom. The molecule has 0 atom stereocenters. The predicted molar refractivity (Wildman–Crippen MR) is 66.5 cm³/mol. The normalized spacial score (nSPS) is 18.6. The van der Waals surface area contributed by atoms with Gasteiger partial charge in [0.15, 0.2) is 0 Å². The fourth-order valence-corrected chi connectivity index (χ4v) is 2.61. The molecule has 2 rings (SSSR count). The minimum absolute atomic E-state index is 0.505. The third-order valence-corrected chi connectivity index (χ3v) is 3.85. The molecule has 1 saturated carbocycles. The molecule has 1 N–H and O–H groups in total. The van der Waals surface area contributed by atoms with Crippen LogP contribution in [0.1, 0.15) is 44.6 Å². The van der Waals surface area contributed by atoms with E-state index in [2.05, 4.69) is 28.5 Å². The average Bonchev–Trinajstić information content (AvgIpc) is 2.76. The second kappa shape index (κ2) is 4.81. The summed E-state index contributed by atoms with van der Waals surface area (Å²) in [4.78, 5) is 0. The molecule has 3 heteroatoms. The van der Waals surface area contributed by atoms with Crippen LogP contribution in [0.3, 0.4) is 0 Å². The van der Waals surface area contributed by atoms with Crippen LogP contribution >= 0.6 is 0 Å². The lowest BCUT2D eigenvalue weighted by Gasteiger charge is -2.27. The fourth-order valence-electron chi connectivity index (χ4n) is 2.61. The molecule has 0 radical (unpaired) electrons. The summed E-state index contributed by atoms with van der Waals surface area (Å²) >= 11 is 0. The van der Waals surface area contributed by atoms with Gasteiger partial charge in [-0.2, -0.15) is 5.10 Å². The third kappa shape index (κ3) is 2.52. The summed E-state index contributed by atoms with van der Waals surface area (Å²) in [5, 5.41) is 11.5. The number of rotatable bonds is 4. The monoisotopic (exact) mass is 219 g/mol. The van der Waals surface area contributed by atoms with E-state index in [9.17, 15) is 0 Å². The van der Waals surface area contributed by atoms with Crippen LogP contribution in [0.5, 0.6) is 0 Å². The van der Waals surface area contributed by atoms with Gasteiger partial charge in [0.25, 0.3) is 0 Å². The van der Waals surface area contributed by atoms with E-state index in [1.807, 2.05) is 6.92 Å². The highest BCUT2D eigenvalue weighted by Crippen LogP contribution is 2.40. The lowest BCUT2D eigenvalue weighted by Crippen LogP contribution is -2.26. The van der Waals surface area contributed by atoms with E-state index in [0.717, 1.165) is 17.9 Å². The number of hydrogen-bond donors (Lipinski definition) is 1. The van der Waals surface area contributed by atoms with Crippen LogP contribution in [0.15, 0.2) is 12.3 Å². The molecule has 16 heavy (non-hydrogen) atoms. The smallest absolute Gasteiger partial charge is 0.148 e. The molecule has 0 aromatic carbocycles. The Morgan fingerprint density at radius 2 is 2.12 bits per heavy atom. The van der Waals surface area contributed by atoms with Gasteiger partial charge in [0, 0.05) is 6.54 Å². The zero-order chi connectivity index (χ0) is 11.4. The molecule has 0 unspecified atom stereocenters. The van der Waals surface area contributed by atoms with Gasteiger partial charge in [-0.25, -0.2) is 0 Å². The van der Waals surface area contributed by atoms with Gasteiger partial charge in [-0.05, 0) is 43.2 Å². The van der Waals surface area contributed by atoms with Crippen molar-refractivity contribution in [3.8, 4) is 0 Å². The highest BCUT2D eigenvalue weighted by Gasteiger charge is 2.31. The summed E-state index contributed by atoms with van der Waals surface area (Å²) in [6.45, 7) is 5.39. The van der Waals surface area contributed by atoms with Crippen LogP contribution in [0.25, 0.3) is 0 Å². The lowest BCUT2D eigenvalue weighted by atomic mass is 9.83. The minimum atomic E-state index is 0.505.